The Labute approximate surface area is 176 Å². The van der Waals surface area contributed by atoms with Gasteiger partial charge in [-0.25, -0.2) is 9.37 Å². The van der Waals surface area contributed by atoms with Gasteiger partial charge in [-0.2, -0.15) is 0 Å². The van der Waals surface area contributed by atoms with Gasteiger partial charge >= 0.3 is 0 Å². The van der Waals surface area contributed by atoms with Crippen LogP contribution in [0, 0.1) is 0 Å². The summed E-state index contributed by atoms with van der Waals surface area (Å²) in [6, 6.07) is 10.3. The van der Waals surface area contributed by atoms with Gasteiger partial charge in [-0.05, 0) is 54.7 Å². The number of rotatable bonds is 5. The number of aromatic nitrogens is 1. The summed E-state index contributed by atoms with van der Waals surface area (Å²) in [7, 11) is 3.80. The largest absolute Gasteiger partial charge is 0.479 e. The molecule has 0 aliphatic carbocycles. The first-order valence-electron chi connectivity index (χ1n) is 10.2. The monoisotopic (exact) mass is 417 g/mol. The molecule has 2 atom stereocenters. The van der Waals surface area contributed by atoms with Crippen molar-refractivity contribution in [3.63, 3.8) is 0 Å². The van der Waals surface area contributed by atoms with Gasteiger partial charge in [0.2, 0.25) is 5.88 Å². The molecule has 4 rings (SSSR count). The van der Waals surface area contributed by atoms with E-state index in [1.54, 1.807) is 7.11 Å². The van der Waals surface area contributed by atoms with E-state index in [9.17, 15) is 4.39 Å². The van der Waals surface area contributed by atoms with Crippen molar-refractivity contribution < 1.29 is 13.9 Å². The van der Waals surface area contributed by atoms with Gasteiger partial charge in [0.25, 0.3) is 0 Å². The highest BCUT2D eigenvalue weighted by Gasteiger charge is 2.23. The van der Waals surface area contributed by atoms with E-state index in [0.717, 1.165) is 47.8 Å². The molecule has 0 saturated carbocycles. The minimum absolute atomic E-state index is 0.141. The minimum atomic E-state index is -0.766. The van der Waals surface area contributed by atoms with Crippen molar-refractivity contribution in [1.29, 1.82) is 0 Å². The first-order chi connectivity index (χ1) is 14.1. The van der Waals surface area contributed by atoms with Crippen LogP contribution in [0.1, 0.15) is 35.8 Å². The number of pyridine rings is 1. The number of nitrogens with zero attached hydrogens (tertiary/aromatic N) is 2. The van der Waals surface area contributed by atoms with E-state index in [2.05, 4.69) is 22.7 Å². The Kier molecular flexibility index (Phi) is 6.57. The number of benzene rings is 1. The summed E-state index contributed by atoms with van der Waals surface area (Å²) in [6.07, 6.45) is 1.97. The molecular weight excluding hydrogens is 389 g/mol. The van der Waals surface area contributed by atoms with E-state index in [1.807, 2.05) is 24.3 Å². The Morgan fingerprint density at radius 1 is 1.24 bits per heavy atom. The Bertz CT molecular complexity index is 834. The van der Waals surface area contributed by atoms with Crippen molar-refractivity contribution in [3.05, 3.63) is 47.2 Å². The third kappa shape index (κ3) is 5.02. The Balaban J connectivity index is 1.43. The van der Waals surface area contributed by atoms with E-state index in [1.165, 1.54) is 17.5 Å². The maximum absolute atomic E-state index is 13.6. The third-order valence-electron chi connectivity index (χ3n) is 5.59. The van der Waals surface area contributed by atoms with Gasteiger partial charge in [-0.15, -0.1) is 0 Å². The number of methoxy groups -OCH3 is 1. The molecule has 2 aromatic rings. The summed E-state index contributed by atoms with van der Waals surface area (Å²) in [5, 5.41) is 0. The highest BCUT2D eigenvalue weighted by Crippen LogP contribution is 2.33. The van der Waals surface area contributed by atoms with Crippen LogP contribution in [0.5, 0.6) is 5.88 Å². The Morgan fingerprint density at radius 2 is 2.03 bits per heavy atom. The molecule has 0 bridgehead atoms. The number of alkyl halides is 1. The molecular formula is C22H28FN3O2S. The second-order valence-electron chi connectivity index (χ2n) is 7.71. The van der Waals surface area contributed by atoms with Crippen LogP contribution < -0.4 is 9.46 Å². The van der Waals surface area contributed by atoms with Gasteiger partial charge in [-0.1, -0.05) is 12.1 Å². The molecule has 2 aliphatic rings. The van der Waals surface area contributed by atoms with Crippen LogP contribution in [0.4, 0.5) is 10.1 Å². The summed E-state index contributed by atoms with van der Waals surface area (Å²) in [6.45, 7) is 2.55. The van der Waals surface area contributed by atoms with Gasteiger partial charge in [0.15, 0.2) is 0 Å². The average Bonchev–Trinajstić information content (AvgIpc) is 2.93. The fourth-order valence-electron chi connectivity index (χ4n) is 3.81. The maximum Gasteiger partial charge on any atom is 0.238 e. The molecule has 0 spiro atoms. The first kappa shape index (κ1) is 20.4. The van der Waals surface area contributed by atoms with Gasteiger partial charge in [0, 0.05) is 42.9 Å². The summed E-state index contributed by atoms with van der Waals surface area (Å²) in [4.78, 5) is 8.14. The second-order valence-corrected chi connectivity index (χ2v) is 8.59. The summed E-state index contributed by atoms with van der Waals surface area (Å²) in [5.74, 6) is 0.627. The fourth-order valence-corrected chi connectivity index (χ4v) is 4.45. The van der Waals surface area contributed by atoms with Crippen LogP contribution in [0.3, 0.4) is 0 Å². The van der Waals surface area contributed by atoms with Crippen LogP contribution in [-0.2, 0) is 17.6 Å². The van der Waals surface area contributed by atoms with E-state index in [4.69, 9.17) is 14.5 Å². The normalized spacial score (nSPS) is 22.6. The van der Waals surface area contributed by atoms with Crippen LogP contribution in [0.15, 0.2) is 35.2 Å². The van der Waals surface area contributed by atoms with E-state index in [0.29, 0.717) is 25.3 Å². The van der Waals surface area contributed by atoms with Gasteiger partial charge in [0.1, 0.15) is 11.9 Å². The Morgan fingerprint density at radius 3 is 2.79 bits per heavy atom. The molecule has 0 radical (unpaired) electrons. The maximum atomic E-state index is 13.6. The van der Waals surface area contributed by atoms with Crippen LogP contribution >= 0.6 is 11.9 Å². The molecule has 1 saturated heterocycles. The highest BCUT2D eigenvalue weighted by atomic mass is 32.2. The number of anilines is 1. The molecule has 2 aliphatic heterocycles. The molecule has 3 heterocycles. The topological polar surface area (TPSA) is 46.6 Å². The summed E-state index contributed by atoms with van der Waals surface area (Å²) >= 11 is 1.52. The molecule has 1 aromatic heterocycles. The third-order valence-corrected chi connectivity index (χ3v) is 6.42. The zero-order chi connectivity index (χ0) is 20.2. The molecule has 1 aromatic carbocycles. The second kappa shape index (κ2) is 9.32. The summed E-state index contributed by atoms with van der Waals surface area (Å²) in [5.41, 5.74) is 4.33. The van der Waals surface area contributed by atoms with E-state index in [-0.39, 0.29) is 6.10 Å². The van der Waals surface area contributed by atoms with Crippen molar-refractivity contribution in [3.8, 4) is 5.88 Å². The quantitative estimate of drug-likeness (QED) is 0.727. The van der Waals surface area contributed by atoms with Crippen LogP contribution in [0.2, 0.25) is 0 Å². The number of likely N-dealkylation sites (N-methyl/N-ethyl adjacent to an activating group) is 1. The lowest BCUT2D eigenvalue weighted by atomic mass is 10.0. The summed E-state index contributed by atoms with van der Waals surface area (Å²) < 4.78 is 28.3. The van der Waals surface area contributed by atoms with Gasteiger partial charge in [0.05, 0.1) is 19.8 Å². The lowest BCUT2D eigenvalue weighted by Crippen LogP contribution is -2.20. The molecule has 5 nitrogen and oxygen atoms in total. The van der Waals surface area contributed by atoms with E-state index >= 15 is 0 Å². The smallest absolute Gasteiger partial charge is 0.238 e. The Hall–Kier alpha value is -1.83. The van der Waals surface area contributed by atoms with Crippen molar-refractivity contribution >= 4 is 17.6 Å². The first-order valence-corrected chi connectivity index (χ1v) is 11.0. The van der Waals surface area contributed by atoms with Crippen molar-refractivity contribution in [2.45, 2.75) is 42.9 Å². The SMILES string of the molecule is COc1nc2c(cc1NSc1ccc(C3CC(F)CCO3)cc1)CCN(C)CC2. The highest BCUT2D eigenvalue weighted by molar-refractivity contribution is 8.00. The van der Waals surface area contributed by atoms with Gasteiger partial charge in [-0.3, -0.25) is 0 Å². The zero-order valence-corrected chi connectivity index (χ0v) is 17.8. The lowest BCUT2D eigenvalue weighted by Gasteiger charge is -2.25. The number of nitrogens with one attached hydrogen (secondary N) is 1. The minimum Gasteiger partial charge on any atom is -0.479 e. The lowest BCUT2D eigenvalue weighted by molar-refractivity contribution is -0.0193. The number of hydrogen-bond acceptors (Lipinski definition) is 6. The number of hydrogen-bond donors (Lipinski definition) is 1. The van der Waals surface area contributed by atoms with Crippen molar-refractivity contribution in [1.82, 2.24) is 9.88 Å². The van der Waals surface area contributed by atoms with Crippen molar-refractivity contribution in [2.75, 3.05) is 38.6 Å². The van der Waals surface area contributed by atoms with Crippen molar-refractivity contribution in [2.24, 2.45) is 0 Å². The molecule has 1 fully saturated rings. The molecule has 29 heavy (non-hydrogen) atoms. The fraction of sp³-hybridized carbons (Fsp3) is 0.500. The number of halogens is 1. The zero-order valence-electron chi connectivity index (χ0n) is 17.0. The standard InChI is InChI=1S/C22H28FN3O2S/c1-26-10-7-16-13-20(22(27-2)24-19(16)8-11-26)25-29-18-5-3-15(4-6-18)21-14-17(23)9-12-28-21/h3-6,13,17,21,25H,7-12,14H2,1-2H3. The van der Waals surface area contributed by atoms with Crippen LogP contribution in [0.25, 0.3) is 0 Å². The van der Waals surface area contributed by atoms with E-state index < -0.39 is 6.17 Å². The predicted octanol–water partition coefficient (Wildman–Crippen LogP) is 4.43. The molecule has 156 valence electrons. The number of ether oxygens (including phenoxy) is 2. The van der Waals surface area contributed by atoms with Gasteiger partial charge < -0.3 is 19.1 Å². The molecule has 2 unspecified atom stereocenters. The van der Waals surface area contributed by atoms with Crippen LogP contribution in [-0.4, -0.2) is 49.9 Å². The predicted molar refractivity (Wildman–Crippen MR) is 114 cm³/mol. The molecule has 1 N–H and O–H groups in total. The molecule has 0 amide bonds. The molecule has 7 heteroatoms. The average molecular weight is 418 g/mol. The number of fused-ring (bicyclic) bond motifs is 1.